The maximum absolute atomic E-state index is 11.0. The summed E-state index contributed by atoms with van der Waals surface area (Å²) in [5.41, 5.74) is 0.205. The first-order valence-corrected chi connectivity index (χ1v) is 6.76. The summed E-state index contributed by atoms with van der Waals surface area (Å²) in [5, 5.41) is 9.86. The number of nitrogens with zero attached hydrogens (tertiary/aromatic N) is 2. The molecular weight excluding hydrogens is 236 g/mol. The maximum atomic E-state index is 11.0. The average Bonchev–Trinajstić information content (AvgIpc) is 2.64. The Labute approximate surface area is 105 Å². The highest BCUT2D eigenvalue weighted by Gasteiger charge is 2.26. The lowest BCUT2D eigenvalue weighted by atomic mass is 9.89. The number of piperidine rings is 1. The monoisotopic (exact) mass is 254 g/mol. The molecule has 5 heteroatoms. The van der Waals surface area contributed by atoms with Gasteiger partial charge in [-0.3, -0.25) is 0 Å². The lowest BCUT2D eigenvalue weighted by Gasteiger charge is -2.35. The first-order chi connectivity index (χ1) is 7.99. The molecule has 0 saturated carbocycles. The number of rotatable bonds is 2. The zero-order chi connectivity index (χ0) is 12.6. The van der Waals surface area contributed by atoms with E-state index in [0.717, 1.165) is 35.4 Å². The second-order valence-electron chi connectivity index (χ2n) is 4.90. The summed E-state index contributed by atoms with van der Waals surface area (Å²) in [6.45, 7) is 8.30. The molecule has 94 valence electrons. The predicted octanol–water partition coefficient (Wildman–Crippen LogP) is 2.63. The minimum Gasteiger partial charge on any atom is -0.476 e. The van der Waals surface area contributed by atoms with E-state index >= 15 is 0 Å². The van der Waals surface area contributed by atoms with Crippen LogP contribution in [0.5, 0.6) is 0 Å². The van der Waals surface area contributed by atoms with Crippen LogP contribution in [-0.4, -0.2) is 29.1 Å². The van der Waals surface area contributed by atoms with Gasteiger partial charge in [0.15, 0.2) is 10.8 Å². The lowest BCUT2D eigenvalue weighted by molar-refractivity contribution is 0.0690. The van der Waals surface area contributed by atoms with E-state index in [1.54, 1.807) is 0 Å². The number of hydrogen-bond donors (Lipinski definition) is 1. The standard InChI is InChI=1S/C12H18N2O2S/c1-7-4-5-14(6-8(7)2)12-13-10(11(15)16)9(3)17-12/h7-8H,4-6H2,1-3H3,(H,15,16). The van der Waals surface area contributed by atoms with Gasteiger partial charge in [0, 0.05) is 18.0 Å². The molecule has 0 spiro atoms. The van der Waals surface area contributed by atoms with E-state index in [2.05, 4.69) is 23.7 Å². The molecule has 0 aromatic carbocycles. The Balaban J connectivity index is 2.18. The normalized spacial score (nSPS) is 25.0. The minimum absolute atomic E-state index is 0.205. The van der Waals surface area contributed by atoms with Crippen LogP contribution in [0.3, 0.4) is 0 Å². The highest BCUT2D eigenvalue weighted by atomic mass is 32.1. The van der Waals surface area contributed by atoms with Crippen molar-refractivity contribution in [3.05, 3.63) is 10.6 Å². The molecule has 2 rings (SSSR count). The molecule has 2 heterocycles. The van der Waals surface area contributed by atoms with Gasteiger partial charge in [-0.1, -0.05) is 13.8 Å². The van der Waals surface area contributed by atoms with Crippen LogP contribution in [0.15, 0.2) is 0 Å². The minimum atomic E-state index is -0.927. The zero-order valence-electron chi connectivity index (χ0n) is 10.4. The topological polar surface area (TPSA) is 53.4 Å². The van der Waals surface area contributed by atoms with Gasteiger partial charge >= 0.3 is 5.97 Å². The van der Waals surface area contributed by atoms with Crippen molar-refractivity contribution < 1.29 is 9.90 Å². The van der Waals surface area contributed by atoms with Crippen LogP contribution in [0.1, 0.15) is 35.6 Å². The van der Waals surface area contributed by atoms with Crippen LogP contribution in [0.4, 0.5) is 5.13 Å². The van der Waals surface area contributed by atoms with Crippen LogP contribution < -0.4 is 4.90 Å². The molecular formula is C12H18N2O2S. The van der Waals surface area contributed by atoms with Gasteiger partial charge < -0.3 is 10.0 Å². The van der Waals surface area contributed by atoms with Crippen molar-refractivity contribution in [2.24, 2.45) is 11.8 Å². The number of aromatic nitrogens is 1. The van der Waals surface area contributed by atoms with Gasteiger partial charge in [0.05, 0.1) is 0 Å². The van der Waals surface area contributed by atoms with E-state index in [0.29, 0.717) is 5.92 Å². The van der Waals surface area contributed by atoms with Gasteiger partial charge in [-0.15, -0.1) is 11.3 Å². The first-order valence-electron chi connectivity index (χ1n) is 5.94. The maximum Gasteiger partial charge on any atom is 0.355 e. The first kappa shape index (κ1) is 12.4. The van der Waals surface area contributed by atoms with Crippen molar-refractivity contribution in [2.75, 3.05) is 18.0 Å². The average molecular weight is 254 g/mol. The van der Waals surface area contributed by atoms with Gasteiger partial charge in [-0.05, 0) is 25.2 Å². The van der Waals surface area contributed by atoms with Crippen LogP contribution in [-0.2, 0) is 0 Å². The summed E-state index contributed by atoms with van der Waals surface area (Å²) in [7, 11) is 0. The molecule has 2 atom stereocenters. The Kier molecular flexibility index (Phi) is 3.38. The highest BCUT2D eigenvalue weighted by Crippen LogP contribution is 2.31. The molecule has 1 aliphatic heterocycles. The smallest absolute Gasteiger partial charge is 0.355 e. The third kappa shape index (κ3) is 2.44. The number of anilines is 1. The van der Waals surface area contributed by atoms with Crippen molar-refractivity contribution in [1.29, 1.82) is 0 Å². The fourth-order valence-electron chi connectivity index (χ4n) is 2.15. The summed E-state index contributed by atoms with van der Waals surface area (Å²) in [6, 6.07) is 0. The summed E-state index contributed by atoms with van der Waals surface area (Å²) >= 11 is 1.49. The van der Waals surface area contributed by atoms with Crippen LogP contribution in [0.2, 0.25) is 0 Å². The van der Waals surface area contributed by atoms with Crippen molar-refractivity contribution in [3.8, 4) is 0 Å². The molecule has 1 aromatic rings. The lowest BCUT2D eigenvalue weighted by Crippen LogP contribution is -2.38. The van der Waals surface area contributed by atoms with Gasteiger partial charge in [-0.25, -0.2) is 9.78 Å². The number of carboxylic acids is 1. The number of carboxylic acid groups (broad SMARTS) is 1. The Morgan fingerprint density at radius 2 is 2.18 bits per heavy atom. The number of aryl methyl sites for hydroxylation is 1. The molecule has 1 aromatic heterocycles. The number of carbonyl (C=O) groups is 1. The fourth-order valence-corrected chi connectivity index (χ4v) is 3.09. The molecule has 1 saturated heterocycles. The van der Waals surface area contributed by atoms with Crippen molar-refractivity contribution >= 4 is 22.4 Å². The summed E-state index contributed by atoms with van der Waals surface area (Å²) in [5.74, 6) is 0.455. The molecule has 0 radical (unpaired) electrons. The molecule has 0 bridgehead atoms. The van der Waals surface area contributed by atoms with Gasteiger partial charge in [0.1, 0.15) is 0 Å². The largest absolute Gasteiger partial charge is 0.476 e. The molecule has 17 heavy (non-hydrogen) atoms. The van der Waals surface area contributed by atoms with Crippen molar-refractivity contribution in [1.82, 2.24) is 4.98 Å². The quantitative estimate of drug-likeness (QED) is 0.881. The molecule has 1 N–H and O–H groups in total. The molecule has 1 fully saturated rings. The molecule has 2 unspecified atom stereocenters. The van der Waals surface area contributed by atoms with Crippen LogP contribution >= 0.6 is 11.3 Å². The predicted molar refractivity (Wildman–Crippen MR) is 69.0 cm³/mol. The third-order valence-corrected chi connectivity index (χ3v) is 4.62. The Hall–Kier alpha value is -1.10. The second kappa shape index (κ2) is 4.64. The third-order valence-electron chi connectivity index (χ3n) is 3.59. The van der Waals surface area contributed by atoms with E-state index < -0.39 is 5.97 Å². The number of thiazole rings is 1. The van der Waals surface area contributed by atoms with Crippen molar-refractivity contribution in [2.45, 2.75) is 27.2 Å². The van der Waals surface area contributed by atoms with E-state index in [1.165, 1.54) is 11.3 Å². The molecule has 4 nitrogen and oxygen atoms in total. The van der Waals surface area contributed by atoms with Crippen molar-refractivity contribution in [3.63, 3.8) is 0 Å². The van der Waals surface area contributed by atoms with Crippen LogP contribution in [0.25, 0.3) is 0 Å². The Morgan fingerprint density at radius 1 is 1.47 bits per heavy atom. The second-order valence-corrected chi connectivity index (χ2v) is 6.08. The molecule has 0 aliphatic carbocycles. The molecule has 1 aliphatic rings. The van der Waals surface area contributed by atoms with E-state index in [1.807, 2.05) is 6.92 Å². The molecule has 0 amide bonds. The van der Waals surface area contributed by atoms with Gasteiger partial charge in [0.2, 0.25) is 0 Å². The van der Waals surface area contributed by atoms with Crippen LogP contribution in [0, 0.1) is 18.8 Å². The Bertz CT molecular complexity index is 430. The van der Waals surface area contributed by atoms with E-state index in [9.17, 15) is 4.79 Å². The summed E-state index contributed by atoms with van der Waals surface area (Å²) in [4.78, 5) is 18.2. The van der Waals surface area contributed by atoms with E-state index in [4.69, 9.17) is 5.11 Å². The SMILES string of the molecule is Cc1sc(N2CCC(C)C(C)C2)nc1C(=O)O. The van der Waals surface area contributed by atoms with E-state index in [-0.39, 0.29) is 5.69 Å². The van der Waals surface area contributed by atoms with Gasteiger partial charge in [-0.2, -0.15) is 0 Å². The summed E-state index contributed by atoms with van der Waals surface area (Å²) < 4.78 is 0. The highest BCUT2D eigenvalue weighted by molar-refractivity contribution is 7.15. The number of aromatic carboxylic acids is 1. The Morgan fingerprint density at radius 3 is 2.71 bits per heavy atom. The summed E-state index contributed by atoms with van der Waals surface area (Å²) in [6.07, 6.45) is 1.15. The zero-order valence-corrected chi connectivity index (χ0v) is 11.3. The van der Waals surface area contributed by atoms with Gasteiger partial charge in [0.25, 0.3) is 0 Å². The fraction of sp³-hybridized carbons (Fsp3) is 0.667. The number of hydrogen-bond acceptors (Lipinski definition) is 4.